The van der Waals surface area contributed by atoms with Gasteiger partial charge in [-0.15, -0.1) is 0 Å². The highest BCUT2D eigenvalue weighted by atomic mass is 35.5. The monoisotopic (exact) mass is 416 g/mol. The van der Waals surface area contributed by atoms with Crippen LogP contribution in [0.1, 0.15) is 66.7 Å². The molecule has 2 aliphatic rings. The number of rotatable bonds is 6. The zero-order valence-corrected chi connectivity index (χ0v) is 17.3. The molecule has 0 spiro atoms. The Morgan fingerprint density at radius 3 is 2.34 bits per heavy atom. The number of carbonyl (C=O) groups excluding carboxylic acids is 2. The molecular weight excluding hydrogens is 392 g/mol. The average Bonchev–Trinajstić information content (AvgIpc) is 3.52. The van der Waals surface area contributed by atoms with Gasteiger partial charge in [0.2, 0.25) is 5.91 Å². The number of hydrogen-bond acceptors (Lipinski definition) is 4. The van der Waals surface area contributed by atoms with Gasteiger partial charge in [-0.05, 0) is 49.9 Å². The fraction of sp³-hybridized carbons (Fsp3) is 0.524. The number of halogens is 1. The third kappa shape index (κ3) is 4.29. The lowest BCUT2D eigenvalue weighted by Crippen LogP contribution is -2.38. The molecular formula is C21H25ClN4O3. The molecule has 2 heterocycles. The van der Waals surface area contributed by atoms with Crippen molar-refractivity contribution in [2.24, 2.45) is 7.05 Å². The Kier molecular flexibility index (Phi) is 5.58. The highest BCUT2D eigenvalue weighted by Gasteiger charge is 2.34. The maximum absolute atomic E-state index is 12.6. The fourth-order valence-corrected chi connectivity index (χ4v) is 4.12. The van der Waals surface area contributed by atoms with Crippen molar-refractivity contribution in [2.45, 2.75) is 50.5 Å². The quantitative estimate of drug-likeness (QED) is 0.678. The number of amides is 1. The first kappa shape index (κ1) is 19.9. The molecule has 0 unspecified atom stereocenters. The Morgan fingerprint density at radius 2 is 1.72 bits per heavy atom. The topological polar surface area (TPSA) is 77.2 Å². The minimum Gasteiger partial charge on any atom is -0.343 e. The SMILES string of the molecule is Cn1nc(C2CCN(C(=O)CCC(=O)c3ccc(Cl)cc3)CC2)n(C2CC2)c1=O. The highest BCUT2D eigenvalue weighted by molar-refractivity contribution is 6.30. The van der Waals surface area contributed by atoms with Crippen molar-refractivity contribution < 1.29 is 9.59 Å². The van der Waals surface area contributed by atoms with Crippen LogP contribution < -0.4 is 5.69 Å². The molecule has 0 N–H and O–H groups in total. The maximum atomic E-state index is 12.6. The highest BCUT2D eigenvalue weighted by Crippen LogP contribution is 2.37. The van der Waals surface area contributed by atoms with Crippen LogP contribution in [-0.4, -0.2) is 44.0 Å². The summed E-state index contributed by atoms with van der Waals surface area (Å²) in [5.74, 6) is 1.02. The summed E-state index contributed by atoms with van der Waals surface area (Å²) in [6.07, 6.45) is 4.07. The van der Waals surface area contributed by atoms with Crippen LogP contribution in [0, 0.1) is 0 Å². The predicted octanol–water partition coefficient (Wildman–Crippen LogP) is 2.94. The van der Waals surface area contributed by atoms with Crippen LogP contribution in [0.2, 0.25) is 5.02 Å². The van der Waals surface area contributed by atoms with Crippen LogP contribution in [0.25, 0.3) is 0 Å². The summed E-state index contributed by atoms with van der Waals surface area (Å²) in [7, 11) is 1.70. The molecule has 2 aromatic rings. The Balaban J connectivity index is 1.31. The molecule has 154 valence electrons. The van der Waals surface area contributed by atoms with Gasteiger partial charge in [-0.2, -0.15) is 5.10 Å². The smallest absolute Gasteiger partial charge is 0.343 e. The molecule has 1 saturated heterocycles. The summed E-state index contributed by atoms with van der Waals surface area (Å²) < 4.78 is 3.28. The Labute approximate surface area is 174 Å². The molecule has 1 aliphatic heterocycles. The standard InChI is InChI=1S/C21H25ClN4O3/c1-24-21(29)26(17-6-7-17)20(23-24)15-10-12-25(13-11-15)19(28)9-8-18(27)14-2-4-16(22)5-3-14/h2-5,15,17H,6-13H2,1H3. The summed E-state index contributed by atoms with van der Waals surface area (Å²) in [5, 5.41) is 5.06. The van der Waals surface area contributed by atoms with Gasteiger partial charge in [-0.1, -0.05) is 11.6 Å². The summed E-state index contributed by atoms with van der Waals surface area (Å²) >= 11 is 5.85. The minimum atomic E-state index is -0.0492. The van der Waals surface area contributed by atoms with E-state index in [-0.39, 0.29) is 36.1 Å². The summed E-state index contributed by atoms with van der Waals surface area (Å²) in [6.45, 7) is 1.27. The third-order valence-corrected chi connectivity index (χ3v) is 6.09. The number of aromatic nitrogens is 3. The summed E-state index contributed by atoms with van der Waals surface area (Å²) in [4.78, 5) is 39.0. The second-order valence-electron chi connectivity index (χ2n) is 7.95. The van der Waals surface area contributed by atoms with E-state index in [1.165, 1.54) is 4.68 Å². The number of piperidine rings is 1. The van der Waals surface area contributed by atoms with E-state index in [4.69, 9.17) is 11.6 Å². The number of Topliss-reactive ketones (excluding diaryl/α,β-unsaturated/α-hetero) is 1. The zero-order valence-electron chi connectivity index (χ0n) is 16.5. The number of carbonyl (C=O) groups is 2. The zero-order chi connectivity index (χ0) is 20.5. The summed E-state index contributed by atoms with van der Waals surface area (Å²) in [6, 6.07) is 7.03. The van der Waals surface area contributed by atoms with Gasteiger partial charge in [0.15, 0.2) is 5.78 Å². The average molecular weight is 417 g/mol. The largest absolute Gasteiger partial charge is 0.345 e. The molecule has 1 amide bonds. The molecule has 29 heavy (non-hydrogen) atoms. The van der Waals surface area contributed by atoms with E-state index >= 15 is 0 Å². The first-order valence-electron chi connectivity index (χ1n) is 10.2. The molecule has 4 rings (SSSR count). The van der Waals surface area contributed by atoms with Gasteiger partial charge < -0.3 is 4.90 Å². The Hall–Kier alpha value is -2.41. The Bertz CT molecular complexity index is 967. The maximum Gasteiger partial charge on any atom is 0.345 e. The number of nitrogens with zero attached hydrogens (tertiary/aromatic N) is 4. The van der Waals surface area contributed by atoms with Crippen LogP contribution in [0.15, 0.2) is 29.1 Å². The molecule has 0 atom stereocenters. The predicted molar refractivity (Wildman–Crippen MR) is 109 cm³/mol. The van der Waals surface area contributed by atoms with Crippen molar-refractivity contribution >= 4 is 23.3 Å². The number of benzene rings is 1. The van der Waals surface area contributed by atoms with E-state index in [2.05, 4.69) is 5.10 Å². The first-order valence-corrected chi connectivity index (χ1v) is 10.5. The van der Waals surface area contributed by atoms with E-state index in [0.29, 0.717) is 29.7 Å². The van der Waals surface area contributed by atoms with Gasteiger partial charge in [-0.25, -0.2) is 9.48 Å². The molecule has 0 radical (unpaired) electrons. The molecule has 8 heteroatoms. The molecule has 0 bridgehead atoms. The fourth-order valence-electron chi connectivity index (χ4n) is 4.00. The van der Waals surface area contributed by atoms with E-state index < -0.39 is 0 Å². The lowest BCUT2D eigenvalue weighted by atomic mass is 9.95. The van der Waals surface area contributed by atoms with Crippen LogP contribution in [0.3, 0.4) is 0 Å². The van der Waals surface area contributed by atoms with Gasteiger partial charge in [0, 0.05) is 55.5 Å². The third-order valence-electron chi connectivity index (χ3n) is 5.84. The molecule has 7 nitrogen and oxygen atoms in total. The number of ketones is 1. The molecule has 1 aliphatic carbocycles. The van der Waals surface area contributed by atoms with Gasteiger partial charge in [0.25, 0.3) is 0 Å². The van der Waals surface area contributed by atoms with Crippen LogP contribution >= 0.6 is 11.6 Å². The van der Waals surface area contributed by atoms with Crippen LogP contribution in [0.5, 0.6) is 0 Å². The van der Waals surface area contributed by atoms with Crippen molar-refractivity contribution in [3.8, 4) is 0 Å². The van der Waals surface area contributed by atoms with Crippen molar-refractivity contribution in [3.05, 3.63) is 51.2 Å². The number of aryl methyl sites for hydroxylation is 1. The van der Waals surface area contributed by atoms with Gasteiger partial charge >= 0.3 is 5.69 Å². The van der Waals surface area contributed by atoms with Crippen molar-refractivity contribution in [3.63, 3.8) is 0 Å². The van der Waals surface area contributed by atoms with E-state index in [1.54, 1.807) is 31.3 Å². The van der Waals surface area contributed by atoms with Crippen LogP contribution in [0.4, 0.5) is 0 Å². The lowest BCUT2D eigenvalue weighted by molar-refractivity contribution is -0.132. The van der Waals surface area contributed by atoms with E-state index in [0.717, 1.165) is 31.5 Å². The molecule has 2 fully saturated rings. The normalized spacial score (nSPS) is 17.5. The second kappa shape index (κ2) is 8.14. The molecule has 1 aromatic carbocycles. The van der Waals surface area contributed by atoms with E-state index in [9.17, 15) is 14.4 Å². The molecule has 1 saturated carbocycles. The minimum absolute atomic E-state index is 0.00590. The van der Waals surface area contributed by atoms with Crippen molar-refractivity contribution in [1.29, 1.82) is 0 Å². The van der Waals surface area contributed by atoms with Gasteiger partial charge in [0.1, 0.15) is 5.82 Å². The van der Waals surface area contributed by atoms with Gasteiger partial charge in [-0.3, -0.25) is 14.2 Å². The number of hydrogen-bond donors (Lipinski definition) is 0. The molecule has 1 aromatic heterocycles. The van der Waals surface area contributed by atoms with Gasteiger partial charge in [0.05, 0.1) is 0 Å². The first-order chi connectivity index (χ1) is 13.9. The number of likely N-dealkylation sites (tertiary alicyclic amines) is 1. The van der Waals surface area contributed by atoms with Crippen LogP contribution in [-0.2, 0) is 11.8 Å². The second-order valence-corrected chi connectivity index (χ2v) is 8.39. The lowest BCUT2D eigenvalue weighted by Gasteiger charge is -2.31. The van der Waals surface area contributed by atoms with E-state index in [1.807, 2.05) is 9.47 Å². The van der Waals surface area contributed by atoms with Crippen molar-refractivity contribution in [2.75, 3.05) is 13.1 Å². The summed E-state index contributed by atoms with van der Waals surface area (Å²) in [5.41, 5.74) is 0.538. The Morgan fingerprint density at radius 1 is 1.07 bits per heavy atom. The van der Waals surface area contributed by atoms with Crippen molar-refractivity contribution in [1.82, 2.24) is 19.2 Å².